The molecular weight excluding hydrogens is 200 g/mol. The van der Waals surface area contributed by atoms with Crippen molar-refractivity contribution in [3.8, 4) is 0 Å². The van der Waals surface area contributed by atoms with Crippen LogP contribution in [-0.2, 0) is 6.54 Å². The maximum absolute atomic E-state index is 8.74. The van der Waals surface area contributed by atoms with Crippen LogP contribution in [0.4, 0.5) is 5.69 Å². The zero-order valence-electron chi connectivity index (χ0n) is 8.20. The summed E-state index contributed by atoms with van der Waals surface area (Å²) in [7, 11) is 1.93. The van der Waals surface area contributed by atoms with Gasteiger partial charge in [-0.1, -0.05) is 11.6 Å². The van der Waals surface area contributed by atoms with Crippen LogP contribution >= 0.6 is 11.6 Å². The van der Waals surface area contributed by atoms with E-state index in [2.05, 4.69) is 0 Å². The Bertz CT molecular complexity index is 304. The van der Waals surface area contributed by atoms with Crippen LogP contribution in [0.3, 0.4) is 0 Å². The lowest BCUT2D eigenvalue weighted by atomic mass is 10.2. The normalized spacial score (nSPS) is 10.9. The summed E-state index contributed by atoms with van der Waals surface area (Å²) in [5, 5.41) is 9.43. The van der Waals surface area contributed by atoms with E-state index in [0.717, 1.165) is 11.3 Å². The van der Waals surface area contributed by atoms with Crippen molar-refractivity contribution in [3.63, 3.8) is 0 Å². The van der Waals surface area contributed by atoms with E-state index in [1.807, 2.05) is 18.0 Å². The smallest absolute Gasteiger partial charge is 0.0558 e. The molecule has 0 aromatic heterocycles. The van der Waals surface area contributed by atoms with Gasteiger partial charge >= 0.3 is 0 Å². The first-order chi connectivity index (χ1) is 6.63. The third-order valence-electron chi connectivity index (χ3n) is 2.03. The average Bonchev–Trinajstić information content (AvgIpc) is 2.12. The van der Waals surface area contributed by atoms with Crippen LogP contribution in [0.25, 0.3) is 0 Å². The van der Waals surface area contributed by atoms with E-state index < -0.39 is 0 Å². The number of nitrogen functional groups attached to an aromatic ring is 1. The van der Waals surface area contributed by atoms with Gasteiger partial charge in [-0.25, -0.2) is 0 Å². The lowest BCUT2D eigenvalue weighted by Crippen LogP contribution is -2.22. The summed E-state index contributed by atoms with van der Waals surface area (Å²) in [6.45, 7) is 1.48. The number of aliphatic hydroxyl groups excluding tert-OH is 1. The molecule has 1 aromatic carbocycles. The number of rotatable bonds is 4. The van der Waals surface area contributed by atoms with Crippen molar-refractivity contribution in [1.29, 1.82) is 0 Å². The summed E-state index contributed by atoms with van der Waals surface area (Å²) in [4.78, 5) is 1.99. The number of halogens is 1. The highest BCUT2D eigenvalue weighted by Gasteiger charge is 2.03. The van der Waals surface area contributed by atoms with Crippen molar-refractivity contribution in [2.24, 2.45) is 0 Å². The first-order valence-corrected chi connectivity index (χ1v) is 4.84. The number of hydrogen-bond donors (Lipinski definition) is 2. The Morgan fingerprint density at radius 1 is 1.50 bits per heavy atom. The van der Waals surface area contributed by atoms with E-state index in [0.29, 0.717) is 18.1 Å². The van der Waals surface area contributed by atoms with Gasteiger partial charge in [0.25, 0.3) is 0 Å². The van der Waals surface area contributed by atoms with Gasteiger partial charge in [0.05, 0.1) is 6.61 Å². The second-order valence-electron chi connectivity index (χ2n) is 3.30. The molecule has 78 valence electrons. The molecule has 3 N–H and O–H groups in total. The highest BCUT2D eigenvalue weighted by molar-refractivity contribution is 6.30. The van der Waals surface area contributed by atoms with Crippen molar-refractivity contribution < 1.29 is 5.11 Å². The van der Waals surface area contributed by atoms with Gasteiger partial charge in [0.15, 0.2) is 0 Å². The van der Waals surface area contributed by atoms with Gasteiger partial charge in [-0.2, -0.15) is 0 Å². The largest absolute Gasteiger partial charge is 0.398 e. The summed E-state index contributed by atoms with van der Waals surface area (Å²) in [5.41, 5.74) is 7.52. The Labute approximate surface area is 89.1 Å². The molecule has 0 aliphatic heterocycles. The Balaban J connectivity index is 2.70. The summed E-state index contributed by atoms with van der Waals surface area (Å²) in [6, 6.07) is 5.42. The zero-order valence-corrected chi connectivity index (χ0v) is 8.96. The number of aliphatic hydroxyl groups is 1. The van der Waals surface area contributed by atoms with Crippen LogP contribution in [0, 0.1) is 0 Å². The fourth-order valence-corrected chi connectivity index (χ4v) is 1.45. The quantitative estimate of drug-likeness (QED) is 0.744. The minimum Gasteiger partial charge on any atom is -0.398 e. The Morgan fingerprint density at radius 3 is 2.86 bits per heavy atom. The Hall–Kier alpha value is -0.770. The van der Waals surface area contributed by atoms with Gasteiger partial charge in [-0.3, -0.25) is 4.90 Å². The molecular formula is C10H15ClN2O. The average molecular weight is 215 g/mol. The molecule has 0 saturated carbocycles. The summed E-state index contributed by atoms with van der Waals surface area (Å²) in [5.74, 6) is 0. The van der Waals surface area contributed by atoms with Crippen LogP contribution in [-0.4, -0.2) is 30.2 Å². The Kier molecular flexibility index (Phi) is 4.20. The topological polar surface area (TPSA) is 49.5 Å². The minimum atomic E-state index is 0.150. The van der Waals surface area contributed by atoms with Crippen LogP contribution < -0.4 is 5.73 Å². The third kappa shape index (κ3) is 3.18. The zero-order chi connectivity index (χ0) is 10.6. The number of likely N-dealkylation sites (N-methyl/N-ethyl adjacent to an activating group) is 1. The van der Waals surface area contributed by atoms with Crippen LogP contribution in [0.15, 0.2) is 18.2 Å². The van der Waals surface area contributed by atoms with Gasteiger partial charge in [-0.05, 0) is 30.8 Å². The number of anilines is 1. The Morgan fingerprint density at radius 2 is 2.21 bits per heavy atom. The van der Waals surface area contributed by atoms with E-state index in [4.69, 9.17) is 22.4 Å². The molecule has 0 spiro atoms. The third-order valence-corrected chi connectivity index (χ3v) is 2.26. The summed E-state index contributed by atoms with van der Waals surface area (Å²) < 4.78 is 0. The molecule has 3 nitrogen and oxygen atoms in total. The molecule has 0 heterocycles. The highest BCUT2D eigenvalue weighted by atomic mass is 35.5. The molecule has 0 saturated heterocycles. The molecule has 0 aliphatic rings. The number of hydrogen-bond acceptors (Lipinski definition) is 3. The van der Waals surface area contributed by atoms with Crippen molar-refractivity contribution in [2.45, 2.75) is 6.54 Å². The van der Waals surface area contributed by atoms with Crippen LogP contribution in [0.5, 0.6) is 0 Å². The van der Waals surface area contributed by atoms with Crippen molar-refractivity contribution in [3.05, 3.63) is 28.8 Å². The molecule has 0 aliphatic carbocycles. The molecule has 0 bridgehead atoms. The number of nitrogens with zero attached hydrogens (tertiary/aromatic N) is 1. The summed E-state index contributed by atoms with van der Waals surface area (Å²) in [6.07, 6.45) is 0. The van der Waals surface area contributed by atoms with Gasteiger partial charge in [0.2, 0.25) is 0 Å². The SMILES string of the molecule is CN(CCO)Cc1cc(Cl)ccc1N. The fourth-order valence-electron chi connectivity index (χ4n) is 1.25. The maximum Gasteiger partial charge on any atom is 0.0558 e. The minimum absolute atomic E-state index is 0.150. The van der Waals surface area contributed by atoms with E-state index >= 15 is 0 Å². The van der Waals surface area contributed by atoms with Crippen molar-refractivity contribution >= 4 is 17.3 Å². The predicted molar refractivity (Wildman–Crippen MR) is 59.3 cm³/mol. The molecule has 0 amide bonds. The molecule has 0 unspecified atom stereocenters. The van der Waals surface area contributed by atoms with Crippen molar-refractivity contribution in [1.82, 2.24) is 4.90 Å². The van der Waals surface area contributed by atoms with Gasteiger partial charge < -0.3 is 10.8 Å². The second kappa shape index (κ2) is 5.20. The first kappa shape index (κ1) is 11.3. The van der Waals surface area contributed by atoms with E-state index in [1.165, 1.54) is 0 Å². The van der Waals surface area contributed by atoms with Gasteiger partial charge in [0, 0.05) is 23.8 Å². The fraction of sp³-hybridized carbons (Fsp3) is 0.400. The van der Waals surface area contributed by atoms with Gasteiger partial charge in [-0.15, -0.1) is 0 Å². The molecule has 0 atom stereocenters. The van der Waals surface area contributed by atoms with Crippen LogP contribution in [0.2, 0.25) is 5.02 Å². The second-order valence-corrected chi connectivity index (χ2v) is 3.74. The molecule has 1 rings (SSSR count). The highest BCUT2D eigenvalue weighted by Crippen LogP contribution is 2.18. The number of benzene rings is 1. The first-order valence-electron chi connectivity index (χ1n) is 4.47. The lowest BCUT2D eigenvalue weighted by molar-refractivity contribution is 0.217. The molecule has 1 aromatic rings. The molecule has 0 fully saturated rings. The summed E-state index contributed by atoms with van der Waals surface area (Å²) >= 11 is 5.85. The predicted octanol–water partition coefficient (Wildman–Crippen LogP) is 1.35. The van der Waals surface area contributed by atoms with Gasteiger partial charge in [0.1, 0.15) is 0 Å². The van der Waals surface area contributed by atoms with Crippen LogP contribution in [0.1, 0.15) is 5.56 Å². The number of nitrogens with two attached hydrogens (primary N) is 1. The molecule has 0 radical (unpaired) electrons. The maximum atomic E-state index is 8.74. The molecule has 14 heavy (non-hydrogen) atoms. The monoisotopic (exact) mass is 214 g/mol. The van der Waals surface area contributed by atoms with E-state index in [-0.39, 0.29) is 6.61 Å². The molecule has 4 heteroatoms. The van der Waals surface area contributed by atoms with Crippen molar-refractivity contribution in [2.75, 3.05) is 25.9 Å². The lowest BCUT2D eigenvalue weighted by Gasteiger charge is -2.16. The standard InChI is InChI=1S/C10H15ClN2O/c1-13(4-5-14)7-8-6-9(11)2-3-10(8)12/h2-3,6,14H,4-5,7,12H2,1H3. The van der Waals surface area contributed by atoms with E-state index in [9.17, 15) is 0 Å². The van der Waals surface area contributed by atoms with E-state index in [1.54, 1.807) is 12.1 Å².